The lowest BCUT2D eigenvalue weighted by Gasteiger charge is -2.25. The van der Waals surface area contributed by atoms with Gasteiger partial charge < -0.3 is 15.0 Å². The fraction of sp³-hybridized carbons (Fsp3) is 0.647. The maximum Gasteiger partial charge on any atom is 0.123 e. The van der Waals surface area contributed by atoms with E-state index in [1.54, 1.807) is 7.11 Å². The molecule has 0 amide bonds. The van der Waals surface area contributed by atoms with Crippen molar-refractivity contribution >= 4 is 0 Å². The topological polar surface area (TPSA) is 24.5 Å². The van der Waals surface area contributed by atoms with Crippen molar-refractivity contribution in [3.63, 3.8) is 0 Å². The summed E-state index contributed by atoms with van der Waals surface area (Å²) in [4.78, 5) is 2.46. The molecule has 3 rings (SSSR count). The van der Waals surface area contributed by atoms with E-state index in [0.717, 1.165) is 18.2 Å². The van der Waals surface area contributed by atoms with Crippen molar-refractivity contribution in [3.8, 4) is 5.75 Å². The molecule has 110 valence electrons. The zero-order chi connectivity index (χ0) is 14.0. The number of benzene rings is 1. The molecule has 1 aromatic rings. The van der Waals surface area contributed by atoms with Gasteiger partial charge in [0.05, 0.1) is 7.11 Å². The van der Waals surface area contributed by atoms with Crippen molar-refractivity contribution < 1.29 is 4.74 Å². The van der Waals surface area contributed by atoms with Crippen molar-refractivity contribution in [1.29, 1.82) is 0 Å². The van der Waals surface area contributed by atoms with Gasteiger partial charge in [0.1, 0.15) is 5.75 Å². The molecule has 0 aromatic heterocycles. The molecule has 2 fully saturated rings. The average molecular weight is 274 g/mol. The van der Waals surface area contributed by atoms with Crippen LogP contribution in [0.4, 0.5) is 0 Å². The van der Waals surface area contributed by atoms with Crippen molar-refractivity contribution in [2.24, 2.45) is 11.3 Å². The van der Waals surface area contributed by atoms with Crippen LogP contribution in [-0.2, 0) is 6.54 Å². The van der Waals surface area contributed by atoms with E-state index in [9.17, 15) is 0 Å². The first kappa shape index (κ1) is 13.9. The number of ether oxygens (including phenoxy) is 1. The number of nitrogens with zero attached hydrogens (tertiary/aromatic N) is 1. The lowest BCUT2D eigenvalue weighted by Crippen LogP contribution is -2.31. The molecule has 3 nitrogen and oxygen atoms in total. The van der Waals surface area contributed by atoms with Gasteiger partial charge in [0.25, 0.3) is 0 Å². The van der Waals surface area contributed by atoms with Crippen LogP contribution in [0, 0.1) is 11.3 Å². The van der Waals surface area contributed by atoms with Gasteiger partial charge in [0, 0.05) is 18.7 Å². The highest BCUT2D eigenvalue weighted by Crippen LogP contribution is 2.58. The fourth-order valence-electron chi connectivity index (χ4n) is 3.79. The Hall–Kier alpha value is -1.06. The van der Waals surface area contributed by atoms with Gasteiger partial charge in [0.2, 0.25) is 0 Å². The molecular formula is C17H26N2O. The Labute approximate surface area is 122 Å². The highest BCUT2D eigenvalue weighted by atomic mass is 16.5. The van der Waals surface area contributed by atoms with E-state index >= 15 is 0 Å². The number of nitrogens with one attached hydrogen (secondary N) is 1. The minimum atomic E-state index is 0.681. The average Bonchev–Trinajstić information content (AvgIpc) is 3.11. The standard InChI is InChI=1S/C17H26N2O/c1-19(12-14-5-3-4-6-16(14)20-2)13-15-11-17(15)7-9-18-10-8-17/h3-6,15,18H,7-13H2,1-2H3. The smallest absolute Gasteiger partial charge is 0.123 e. The number of hydrogen-bond acceptors (Lipinski definition) is 3. The molecule has 1 spiro atoms. The molecule has 20 heavy (non-hydrogen) atoms. The van der Waals surface area contributed by atoms with Crippen LogP contribution in [0.2, 0.25) is 0 Å². The second-order valence-corrected chi connectivity index (χ2v) is 6.52. The van der Waals surface area contributed by atoms with Crippen LogP contribution in [0.25, 0.3) is 0 Å². The van der Waals surface area contributed by atoms with E-state index in [4.69, 9.17) is 4.74 Å². The quantitative estimate of drug-likeness (QED) is 0.893. The summed E-state index contributed by atoms with van der Waals surface area (Å²) in [6, 6.07) is 8.35. The summed E-state index contributed by atoms with van der Waals surface area (Å²) in [7, 11) is 3.99. The van der Waals surface area contributed by atoms with Gasteiger partial charge in [-0.2, -0.15) is 0 Å². The lowest BCUT2D eigenvalue weighted by molar-refractivity contribution is 0.255. The monoisotopic (exact) mass is 274 g/mol. The Bertz CT molecular complexity index is 454. The Balaban J connectivity index is 1.54. The Morgan fingerprint density at radius 3 is 2.80 bits per heavy atom. The van der Waals surface area contributed by atoms with Gasteiger partial charge in [-0.1, -0.05) is 18.2 Å². The maximum absolute atomic E-state index is 5.44. The first-order valence-electron chi connectivity index (χ1n) is 7.75. The third kappa shape index (κ3) is 2.84. The molecule has 1 N–H and O–H groups in total. The predicted molar refractivity (Wildman–Crippen MR) is 82.0 cm³/mol. The van der Waals surface area contributed by atoms with E-state index in [0.29, 0.717) is 5.41 Å². The lowest BCUT2D eigenvalue weighted by atomic mass is 9.92. The molecule has 0 radical (unpaired) electrons. The van der Waals surface area contributed by atoms with Crippen LogP contribution >= 0.6 is 0 Å². The second kappa shape index (κ2) is 5.74. The van der Waals surface area contributed by atoms with Crippen LogP contribution in [-0.4, -0.2) is 38.7 Å². The van der Waals surface area contributed by atoms with Crippen LogP contribution in [0.5, 0.6) is 5.75 Å². The molecule has 1 atom stereocenters. The molecule has 1 saturated heterocycles. The summed E-state index contributed by atoms with van der Waals surface area (Å²) in [5.74, 6) is 1.91. The molecule has 0 bridgehead atoms. The first-order chi connectivity index (χ1) is 9.73. The van der Waals surface area contributed by atoms with E-state index in [1.165, 1.54) is 44.5 Å². The van der Waals surface area contributed by atoms with Gasteiger partial charge in [0.15, 0.2) is 0 Å². The Morgan fingerprint density at radius 2 is 2.05 bits per heavy atom. The number of piperidine rings is 1. The SMILES string of the molecule is COc1ccccc1CN(C)CC1CC12CCNCC2. The van der Waals surface area contributed by atoms with Crippen molar-refractivity contribution in [2.45, 2.75) is 25.8 Å². The second-order valence-electron chi connectivity index (χ2n) is 6.52. The molecule has 2 aliphatic rings. The van der Waals surface area contributed by atoms with E-state index in [2.05, 4.69) is 35.5 Å². The Kier molecular flexibility index (Phi) is 3.99. The fourth-order valence-corrected chi connectivity index (χ4v) is 3.79. The van der Waals surface area contributed by atoms with E-state index in [-0.39, 0.29) is 0 Å². The van der Waals surface area contributed by atoms with E-state index in [1.807, 2.05) is 6.07 Å². The summed E-state index contributed by atoms with van der Waals surface area (Å²) < 4.78 is 5.44. The summed E-state index contributed by atoms with van der Waals surface area (Å²) >= 11 is 0. The van der Waals surface area contributed by atoms with Gasteiger partial charge in [-0.05, 0) is 56.8 Å². The molecule has 1 heterocycles. The highest BCUT2D eigenvalue weighted by Gasteiger charge is 2.53. The van der Waals surface area contributed by atoms with Crippen molar-refractivity contribution in [1.82, 2.24) is 10.2 Å². The molecule has 1 aromatic carbocycles. The molecule has 1 aliphatic carbocycles. The number of para-hydroxylation sites is 1. The van der Waals surface area contributed by atoms with Crippen LogP contribution < -0.4 is 10.1 Å². The summed E-state index contributed by atoms with van der Waals surface area (Å²) in [5.41, 5.74) is 1.97. The predicted octanol–water partition coefficient (Wildman–Crippen LogP) is 2.52. The highest BCUT2D eigenvalue weighted by molar-refractivity contribution is 5.33. The Morgan fingerprint density at radius 1 is 1.30 bits per heavy atom. The molecule has 1 saturated carbocycles. The van der Waals surface area contributed by atoms with Gasteiger partial charge in [-0.3, -0.25) is 0 Å². The largest absolute Gasteiger partial charge is 0.496 e. The normalized spacial score (nSPS) is 24.1. The van der Waals surface area contributed by atoms with Crippen molar-refractivity contribution in [3.05, 3.63) is 29.8 Å². The zero-order valence-corrected chi connectivity index (χ0v) is 12.7. The van der Waals surface area contributed by atoms with Crippen LogP contribution in [0.1, 0.15) is 24.8 Å². The maximum atomic E-state index is 5.44. The molecule has 1 aliphatic heterocycles. The number of methoxy groups -OCH3 is 1. The zero-order valence-electron chi connectivity index (χ0n) is 12.7. The van der Waals surface area contributed by atoms with Crippen LogP contribution in [0.3, 0.4) is 0 Å². The first-order valence-corrected chi connectivity index (χ1v) is 7.75. The van der Waals surface area contributed by atoms with Gasteiger partial charge >= 0.3 is 0 Å². The molecule has 1 unspecified atom stereocenters. The number of rotatable bonds is 5. The summed E-state index contributed by atoms with van der Waals surface area (Å²) in [6.45, 7) is 4.63. The third-order valence-electron chi connectivity index (χ3n) is 5.12. The third-order valence-corrected chi connectivity index (χ3v) is 5.12. The summed E-state index contributed by atoms with van der Waals surface area (Å²) in [6.07, 6.45) is 4.19. The van der Waals surface area contributed by atoms with Gasteiger partial charge in [-0.15, -0.1) is 0 Å². The molecule has 3 heteroatoms. The van der Waals surface area contributed by atoms with Crippen molar-refractivity contribution in [2.75, 3.05) is 33.8 Å². The molecular weight excluding hydrogens is 248 g/mol. The minimum absolute atomic E-state index is 0.681. The van der Waals surface area contributed by atoms with Gasteiger partial charge in [-0.25, -0.2) is 0 Å². The number of hydrogen-bond donors (Lipinski definition) is 1. The van der Waals surface area contributed by atoms with Crippen LogP contribution in [0.15, 0.2) is 24.3 Å². The summed E-state index contributed by atoms with van der Waals surface area (Å²) in [5, 5.41) is 3.48. The minimum Gasteiger partial charge on any atom is -0.496 e. The van der Waals surface area contributed by atoms with E-state index < -0.39 is 0 Å².